The molecule has 1 aliphatic heterocycles. The molecule has 8 heteroatoms. The van der Waals surface area contributed by atoms with Crippen LogP contribution in [0.15, 0.2) is 23.2 Å². The van der Waals surface area contributed by atoms with Gasteiger partial charge in [0.2, 0.25) is 10.0 Å². The van der Waals surface area contributed by atoms with Crippen molar-refractivity contribution in [1.82, 2.24) is 9.29 Å². The summed E-state index contributed by atoms with van der Waals surface area (Å²) in [5.74, 6) is 0. The van der Waals surface area contributed by atoms with Crippen LogP contribution in [0.1, 0.15) is 19.0 Å². The number of nitrogens with two attached hydrogens (primary N) is 1. The summed E-state index contributed by atoms with van der Waals surface area (Å²) in [5, 5.41) is 0. The molecule has 0 spiro atoms. The molecule has 1 aromatic rings. The van der Waals surface area contributed by atoms with E-state index in [2.05, 4.69) is 4.98 Å². The highest BCUT2D eigenvalue weighted by Gasteiger charge is 2.28. The smallest absolute Gasteiger partial charge is 0.244 e. The molecule has 0 bridgehead atoms. The van der Waals surface area contributed by atoms with Crippen molar-refractivity contribution in [2.45, 2.75) is 24.3 Å². The normalized spacial score (nSPS) is 21.4. The summed E-state index contributed by atoms with van der Waals surface area (Å²) in [7, 11) is -3.55. The number of hydrogen-bond donors (Lipinski definition) is 1. The Bertz CT molecular complexity index is 586. The fourth-order valence-electron chi connectivity index (χ4n) is 2.00. The van der Waals surface area contributed by atoms with Gasteiger partial charge in [-0.1, -0.05) is 12.2 Å². The molecule has 6 nitrogen and oxygen atoms in total. The first-order valence-corrected chi connectivity index (χ1v) is 8.13. The fourth-order valence-corrected chi connectivity index (χ4v) is 3.62. The first kappa shape index (κ1) is 15.3. The number of aromatic nitrogens is 1. The third kappa shape index (κ3) is 3.32. The van der Waals surface area contributed by atoms with Crippen molar-refractivity contribution in [3.8, 4) is 0 Å². The van der Waals surface area contributed by atoms with Crippen molar-refractivity contribution < 1.29 is 13.2 Å². The maximum atomic E-state index is 12.5. The quantitative estimate of drug-likeness (QED) is 0.818. The third-order valence-corrected chi connectivity index (χ3v) is 5.10. The van der Waals surface area contributed by atoms with Crippen molar-refractivity contribution in [2.75, 3.05) is 19.7 Å². The molecule has 2 rings (SSSR count). The second-order valence-corrected chi connectivity index (χ2v) is 7.02. The molecule has 2 heterocycles. The van der Waals surface area contributed by atoms with E-state index in [1.54, 1.807) is 0 Å². The summed E-state index contributed by atoms with van der Waals surface area (Å²) in [6.07, 6.45) is 1.86. The Hall–Kier alpha value is -1.09. The first-order valence-electron chi connectivity index (χ1n) is 6.29. The maximum Gasteiger partial charge on any atom is 0.244 e. The van der Waals surface area contributed by atoms with Crippen LogP contribution in [0.3, 0.4) is 0 Å². The molecule has 20 heavy (non-hydrogen) atoms. The summed E-state index contributed by atoms with van der Waals surface area (Å²) in [6, 6.07) is 3.00. The molecule has 0 amide bonds. The molecule has 0 aromatic carbocycles. The van der Waals surface area contributed by atoms with Gasteiger partial charge in [0, 0.05) is 25.9 Å². The highest BCUT2D eigenvalue weighted by molar-refractivity contribution is 7.89. The van der Waals surface area contributed by atoms with Crippen molar-refractivity contribution in [3.05, 3.63) is 24.0 Å². The third-order valence-electron chi connectivity index (χ3n) is 3.04. The predicted molar refractivity (Wildman–Crippen MR) is 78.9 cm³/mol. The molecular formula is C12H17N3O3S2. The second-order valence-electron chi connectivity index (χ2n) is 4.64. The van der Waals surface area contributed by atoms with Crippen LogP contribution in [0.5, 0.6) is 0 Å². The van der Waals surface area contributed by atoms with Crippen LogP contribution in [-0.4, -0.2) is 48.5 Å². The van der Waals surface area contributed by atoms with Gasteiger partial charge in [-0.15, -0.1) is 0 Å². The monoisotopic (exact) mass is 315 g/mol. The molecule has 2 N–H and O–H groups in total. The van der Waals surface area contributed by atoms with Gasteiger partial charge in [0.1, 0.15) is 9.88 Å². The highest BCUT2D eigenvalue weighted by atomic mass is 32.2. The Labute approximate surface area is 124 Å². The summed E-state index contributed by atoms with van der Waals surface area (Å²) in [6.45, 7) is 3.23. The zero-order chi connectivity index (χ0) is 14.8. The summed E-state index contributed by atoms with van der Waals surface area (Å²) in [4.78, 5) is 4.27. The van der Waals surface area contributed by atoms with Crippen LogP contribution in [0, 0.1) is 0 Å². The molecule has 1 aromatic heterocycles. The zero-order valence-electron chi connectivity index (χ0n) is 11.2. The molecule has 1 atom stereocenters. The molecule has 1 aliphatic rings. The van der Waals surface area contributed by atoms with Gasteiger partial charge in [-0.25, -0.2) is 8.42 Å². The van der Waals surface area contributed by atoms with Crippen molar-refractivity contribution in [1.29, 1.82) is 0 Å². The van der Waals surface area contributed by atoms with E-state index >= 15 is 0 Å². The van der Waals surface area contributed by atoms with Gasteiger partial charge < -0.3 is 10.5 Å². The largest absolute Gasteiger partial charge is 0.388 e. The lowest BCUT2D eigenvalue weighted by atomic mass is 10.3. The summed E-state index contributed by atoms with van der Waals surface area (Å²) in [5.41, 5.74) is 5.86. The van der Waals surface area contributed by atoms with Gasteiger partial charge in [-0.3, -0.25) is 4.98 Å². The molecule has 1 saturated heterocycles. The molecule has 110 valence electrons. The van der Waals surface area contributed by atoms with E-state index in [4.69, 9.17) is 22.7 Å². The second kappa shape index (κ2) is 6.13. The maximum absolute atomic E-state index is 12.5. The Balaban J connectivity index is 2.26. The minimum absolute atomic E-state index is 0.115. The minimum Gasteiger partial charge on any atom is -0.388 e. The summed E-state index contributed by atoms with van der Waals surface area (Å²) >= 11 is 4.80. The van der Waals surface area contributed by atoms with Crippen LogP contribution in [0.4, 0.5) is 0 Å². The molecule has 1 fully saturated rings. The van der Waals surface area contributed by atoms with E-state index in [0.29, 0.717) is 31.8 Å². The minimum atomic E-state index is -3.55. The van der Waals surface area contributed by atoms with Gasteiger partial charge >= 0.3 is 0 Å². The van der Waals surface area contributed by atoms with E-state index in [-0.39, 0.29) is 16.0 Å². The standard InChI is InChI=1S/C12H17N3O3S2/c1-9-8-15(5-2-6-18-9)20(16,17)10-3-4-11(12(13)19)14-7-10/h3-4,7,9H,2,5-6,8H2,1H3,(H2,13,19). The Morgan fingerprint density at radius 3 is 2.90 bits per heavy atom. The number of ether oxygens (including phenoxy) is 1. The number of thiocarbonyl (C=S) groups is 1. The topological polar surface area (TPSA) is 85.5 Å². The van der Waals surface area contributed by atoms with Crippen LogP contribution in [0.25, 0.3) is 0 Å². The SMILES string of the molecule is CC1CN(S(=O)(=O)c2ccc(C(N)=S)nc2)CCCO1. The molecule has 0 saturated carbocycles. The average molecular weight is 315 g/mol. The number of rotatable bonds is 3. The van der Waals surface area contributed by atoms with Crippen LogP contribution in [-0.2, 0) is 14.8 Å². The average Bonchev–Trinajstić information content (AvgIpc) is 2.64. The number of nitrogens with zero attached hydrogens (tertiary/aromatic N) is 2. The van der Waals surface area contributed by atoms with Gasteiger partial charge in [0.15, 0.2) is 0 Å². The van der Waals surface area contributed by atoms with Gasteiger partial charge in [0.25, 0.3) is 0 Å². The first-order chi connectivity index (χ1) is 9.41. The van der Waals surface area contributed by atoms with Gasteiger partial charge in [0.05, 0.1) is 11.8 Å². The Morgan fingerprint density at radius 1 is 1.55 bits per heavy atom. The number of hydrogen-bond acceptors (Lipinski definition) is 5. The predicted octanol–water partition coefficient (Wildman–Crippen LogP) is 0.515. The van der Waals surface area contributed by atoms with E-state index in [9.17, 15) is 8.42 Å². The van der Waals surface area contributed by atoms with E-state index in [0.717, 1.165) is 0 Å². The van der Waals surface area contributed by atoms with Crippen LogP contribution >= 0.6 is 12.2 Å². The highest BCUT2D eigenvalue weighted by Crippen LogP contribution is 2.18. The van der Waals surface area contributed by atoms with Gasteiger partial charge in [-0.05, 0) is 25.5 Å². The number of sulfonamides is 1. The molecule has 1 unspecified atom stereocenters. The lowest BCUT2D eigenvalue weighted by Gasteiger charge is -2.21. The lowest BCUT2D eigenvalue weighted by Crippen LogP contribution is -2.36. The zero-order valence-corrected chi connectivity index (χ0v) is 12.8. The lowest BCUT2D eigenvalue weighted by molar-refractivity contribution is 0.0752. The van der Waals surface area contributed by atoms with E-state index < -0.39 is 10.0 Å². The van der Waals surface area contributed by atoms with Crippen molar-refractivity contribution in [2.24, 2.45) is 5.73 Å². The number of pyridine rings is 1. The molecule has 0 aliphatic carbocycles. The fraction of sp³-hybridized carbons (Fsp3) is 0.500. The molecular weight excluding hydrogens is 298 g/mol. The Kier molecular flexibility index (Phi) is 4.69. The van der Waals surface area contributed by atoms with Crippen LogP contribution < -0.4 is 5.73 Å². The Morgan fingerprint density at radius 2 is 2.30 bits per heavy atom. The van der Waals surface area contributed by atoms with Crippen molar-refractivity contribution in [3.63, 3.8) is 0 Å². The van der Waals surface area contributed by atoms with Crippen molar-refractivity contribution >= 4 is 27.2 Å². The van der Waals surface area contributed by atoms with E-state index in [1.165, 1.54) is 22.6 Å². The van der Waals surface area contributed by atoms with Crippen LogP contribution in [0.2, 0.25) is 0 Å². The molecule has 0 radical (unpaired) electrons. The van der Waals surface area contributed by atoms with E-state index in [1.807, 2.05) is 6.92 Å². The summed E-state index contributed by atoms with van der Waals surface area (Å²) < 4.78 is 32.0. The van der Waals surface area contributed by atoms with Gasteiger partial charge in [-0.2, -0.15) is 4.31 Å².